The molecule has 1 N–H and O–H groups in total. The van der Waals surface area contributed by atoms with Crippen molar-refractivity contribution in [1.82, 2.24) is 25.2 Å². The van der Waals surface area contributed by atoms with E-state index in [0.29, 0.717) is 18.4 Å². The third-order valence-corrected chi connectivity index (χ3v) is 5.94. The van der Waals surface area contributed by atoms with Crippen molar-refractivity contribution in [3.63, 3.8) is 0 Å². The van der Waals surface area contributed by atoms with Crippen LogP contribution in [0.2, 0.25) is 0 Å². The van der Waals surface area contributed by atoms with Gasteiger partial charge in [-0.3, -0.25) is 9.89 Å². The molecule has 27 heavy (non-hydrogen) atoms. The third-order valence-electron chi connectivity index (χ3n) is 5.94. The highest BCUT2D eigenvalue weighted by Gasteiger charge is 2.32. The van der Waals surface area contributed by atoms with Gasteiger partial charge in [0.2, 0.25) is 5.89 Å². The van der Waals surface area contributed by atoms with Crippen molar-refractivity contribution in [3.05, 3.63) is 29.2 Å². The fourth-order valence-electron chi connectivity index (χ4n) is 4.35. The Labute approximate surface area is 159 Å². The number of hydrogen-bond donors (Lipinski definition) is 1. The van der Waals surface area contributed by atoms with Gasteiger partial charge in [-0.15, -0.1) is 0 Å². The van der Waals surface area contributed by atoms with E-state index in [9.17, 15) is 4.79 Å². The summed E-state index contributed by atoms with van der Waals surface area (Å²) in [7, 11) is 0. The highest BCUT2D eigenvalue weighted by Crippen LogP contribution is 2.34. The van der Waals surface area contributed by atoms with Gasteiger partial charge >= 0.3 is 0 Å². The molecule has 2 aliphatic rings. The van der Waals surface area contributed by atoms with Crippen LogP contribution < -0.4 is 0 Å². The summed E-state index contributed by atoms with van der Waals surface area (Å²) < 4.78 is 5.49. The third kappa shape index (κ3) is 3.77. The molecule has 0 bridgehead atoms. The van der Waals surface area contributed by atoms with Gasteiger partial charge in [-0.2, -0.15) is 10.1 Å². The maximum atomic E-state index is 13.2. The topological polar surface area (TPSA) is 87.9 Å². The van der Waals surface area contributed by atoms with Gasteiger partial charge in [0.1, 0.15) is 0 Å². The summed E-state index contributed by atoms with van der Waals surface area (Å²) in [6, 6.07) is 0. The van der Waals surface area contributed by atoms with Crippen molar-refractivity contribution in [2.45, 2.75) is 76.5 Å². The molecular weight excluding hydrogens is 342 g/mol. The number of likely N-dealkylation sites (tertiary alicyclic amines) is 1. The second-order valence-electron chi connectivity index (χ2n) is 8.27. The molecule has 3 heterocycles. The molecule has 1 aliphatic heterocycles. The van der Waals surface area contributed by atoms with Crippen LogP contribution in [0.5, 0.6) is 0 Å². The van der Waals surface area contributed by atoms with Crippen LogP contribution in [0.3, 0.4) is 0 Å². The van der Waals surface area contributed by atoms with Crippen LogP contribution in [0.15, 0.2) is 10.7 Å². The summed E-state index contributed by atoms with van der Waals surface area (Å²) in [5.41, 5.74) is 1.78. The number of amides is 1. The van der Waals surface area contributed by atoms with Gasteiger partial charge < -0.3 is 9.42 Å². The normalized spacial score (nSPS) is 21.7. The molecule has 1 amide bonds. The molecule has 0 aromatic carbocycles. The molecule has 1 saturated carbocycles. The number of piperidine rings is 1. The van der Waals surface area contributed by atoms with E-state index in [1.807, 2.05) is 4.90 Å². The molecule has 4 rings (SSSR count). The SMILES string of the molecule is CC(C)c1noc(C2CCCN(C(=O)c3cn[nH]c3C3CCCCC3)C2)n1. The highest BCUT2D eigenvalue weighted by molar-refractivity contribution is 5.95. The Kier molecular flexibility index (Phi) is 5.27. The fourth-order valence-corrected chi connectivity index (χ4v) is 4.35. The summed E-state index contributed by atoms with van der Waals surface area (Å²) in [5.74, 6) is 2.28. The lowest BCUT2D eigenvalue weighted by Crippen LogP contribution is -2.39. The molecule has 1 saturated heterocycles. The maximum absolute atomic E-state index is 13.2. The molecule has 2 aromatic heterocycles. The lowest BCUT2D eigenvalue weighted by Gasteiger charge is -2.31. The first-order chi connectivity index (χ1) is 13.1. The number of nitrogens with zero attached hydrogens (tertiary/aromatic N) is 4. The van der Waals surface area contributed by atoms with Crippen LogP contribution in [0.4, 0.5) is 0 Å². The monoisotopic (exact) mass is 371 g/mol. The minimum absolute atomic E-state index is 0.0811. The first kappa shape index (κ1) is 18.2. The van der Waals surface area contributed by atoms with E-state index in [2.05, 4.69) is 34.2 Å². The molecule has 7 heteroatoms. The number of rotatable bonds is 4. The summed E-state index contributed by atoms with van der Waals surface area (Å²) in [6.07, 6.45) is 9.69. The molecule has 2 aromatic rings. The second-order valence-corrected chi connectivity index (χ2v) is 8.27. The van der Waals surface area contributed by atoms with E-state index in [0.717, 1.165) is 49.3 Å². The molecule has 1 atom stereocenters. The van der Waals surface area contributed by atoms with E-state index in [4.69, 9.17) is 4.52 Å². The number of nitrogens with one attached hydrogen (secondary N) is 1. The average Bonchev–Trinajstić information content (AvgIpc) is 3.38. The van der Waals surface area contributed by atoms with Gasteiger partial charge in [-0.25, -0.2) is 0 Å². The van der Waals surface area contributed by atoms with Gasteiger partial charge in [-0.1, -0.05) is 38.3 Å². The molecule has 0 radical (unpaired) electrons. The number of carbonyl (C=O) groups is 1. The van der Waals surface area contributed by atoms with E-state index in [-0.39, 0.29) is 17.7 Å². The lowest BCUT2D eigenvalue weighted by molar-refractivity contribution is 0.0693. The minimum Gasteiger partial charge on any atom is -0.339 e. The van der Waals surface area contributed by atoms with Gasteiger partial charge in [0.15, 0.2) is 5.82 Å². The molecule has 1 unspecified atom stereocenters. The van der Waals surface area contributed by atoms with E-state index < -0.39 is 0 Å². The van der Waals surface area contributed by atoms with Gasteiger partial charge in [-0.05, 0) is 25.7 Å². The van der Waals surface area contributed by atoms with Gasteiger partial charge in [0.05, 0.1) is 23.4 Å². The van der Waals surface area contributed by atoms with Crippen LogP contribution in [-0.2, 0) is 0 Å². The zero-order chi connectivity index (χ0) is 18.8. The van der Waals surface area contributed by atoms with Crippen molar-refractivity contribution in [2.24, 2.45) is 0 Å². The minimum atomic E-state index is 0.0811. The van der Waals surface area contributed by atoms with Crippen molar-refractivity contribution < 1.29 is 9.32 Å². The highest BCUT2D eigenvalue weighted by atomic mass is 16.5. The molecule has 7 nitrogen and oxygen atoms in total. The average molecular weight is 371 g/mol. The quantitative estimate of drug-likeness (QED) is 0.878. The Balaban J connectivity index is 1.48. The van der Waals surface area contributed by atoms with Crippen LogP contribution in [-0.4, -0.2) is 44.2 Å². The number of H-pyrrole nitrogens is 1. The standard InChI is InChI=1S/C20H29N5O2/c1-13(2)18-22-19(27-24-18)15-9-6-10-25(12-15)20(26)16-11-21-23-17(16)14-7-4-3-5-8-14/h11,13-15H,3-10,12H2,1-2H3,(H,21,23). The predicted octanol–water partition coefficient (Wildman–Crippen LogP) is 3.98. The van der Waals surface area contributed by atoms with Crippen LogP contribution >= 0.6 is 0 Å². The predicted molar refractivity (Wildman–Crippen MR) is 101 cm³/mol. The maximum Gasteiger partial charge on any atom is 0.257 e. The summed E-state index contributed by atoms with van der Waals surface area (Å²) >= 11 is 0. The Morgan fingerprint density at radius 2 is 1.96 bits per heavy atom. The number of aromatic amines is 1. The summed E-state index contributed by atoms with van der Waals surface area (Å²) in [6.45, 7) is 5.51. The Bertz CT molecular complexity index is 775. The second kappa shape index (κ2) is 7.82. The van der Waals surface area contributed by atoms with Crippen LogP contribution in [0.1, 0.15) is 104 Å². The lowest BCUT2D eigenvalue weighted by atomic mass is 9.85. The smallest absolute Gasteiger partial charge is 0.257 e. The molecular formula is C20H29N5O2. The van der Waals surface area contributed by atoms with E-state index in [1.165, 1.54) is 19.3 Å². The number of carbonyl (C=O) groups excluding carboxylic acids is 1. The van der Waals surface area contributed by atoms with Crippen molar-refractivity contribution in [2.75, 3.05) is 13.1 Å². The number of hydrogen-bond acceptors (Lipinski definition) is 5. The molecule has 0 spiro atoms. The van der Waals surface area contributed by atoms with Crippen LogP contribution in [0.25, 0.3) is 0 Å². The first-order valence-electron chi connectivity index (χ1n) is 10.3. The molecule has 146 valence electrons. The Morgan fingerprint density at radius 3 is 2.70 bits per heavy atom. The zero-order valence-electron chi connectivity index (χ0n) is 16.3. The largest absolute Gasteiger partial charge is 0.339 e. The summed E-state index contributed by atoms with van der Waals surface area (Å²) in [4.78, 5) is 19.7. The van der Waals surface area contributed by atoms with Crippen molar-refractivity contribution >= 4 is 5.91 Å². The Hall–Kier alpha value is -2.18. The Morgan fingerprint density at radius 1 is 1.19 bits per heavy atom. The zero-order valence-corrected chi connectivity index (χ0v) is 16.3. The summed E-state index contributed by atoms with van der Waals surface area (Å²) in [5, 5.41) is 11.4. The fraction of sp³-hybridized carbons (Fsp3) is 0.700. The molecule has 2 fully saturated rings. The van der Waals surface area contributed by atoms with Crippen molar-refractivity contribution in [3.8, 4) is 0 Å². The van der Waals surface area contributed by atoms with Gasteiger partial charge in [0.25, 0.3) is 5.91 Å². The number of aromatic nitrogens is 4. The van der Waals surface area contributed by atoms with E-state index >= 15 is 0 Å². The van der Waals surface area contributed by atoms with E-state index in [1.54, 1.807) is 6.20 Å². The van der Waals surface area contributed by atoms with Crippen molar-refractivity contribution in [1.29, 1.82) is 0 Å². The van der Waals surface area contributed by atoms with Crippen LogP contribution in [0, 0.1) is 0 Å². The first-order valence-corrected chi connectivity index (χ1v) is 10.3. The molecule has 1 aliphatic carbocycles. The van der Waals surface area contributed by atoms with Gasteiger partial charge in [0, 0.05) is 24.9 Å².